The van der Waals surface area contributed by atoms with Gasteiger partial charge in [-0.15, -0.1) is 0 Å². The topological polar surface area (TPSA) is 70.9 Å². The van der Waals surface area contributed by atoms with Crippen molar-refractivity contribution < 1.29 is 9.21 Å². The van der Waals surface area contributed by atoms with Crippen molar-refractivity contribution >= 4 is 5.91 Å². The highest BCUT2D eigenvalue weighted by molar-refractivity contribution is 5.95. The van der Waals surface area contributed by atoms with Crippen LogP contribution in [0.2, 0.25) is 0 Å². The lowest BCUT2D eigenvalue weighted by atomic mass is 9.93. The molecule has 0 radical (unpaired) electrons. The van der Waals surface area contributed by atoms with Gasteiger partial charge in [-0.1, -0.05) is 29.8 Å². The quantitative estimate of drug-likeness (QED) is 0.768. The minimum absolute atomic E-state index is 0.153. The van der Waals surface area contributed by atoms with Crippen molar-refractivity contribution in [1.29, 1.82) is 0 Å². The van der Waals surface area contributed by atoms with Crippen molar-refractivity contribution in [3.05, 3.63) is 64.2 Å². The molecule has 128 valence electrons. The second-order valence-electron chi connectivity index (χ2n) is 6.62. The number of aromatic nitrogens is 2. The second-order valence-corrected chi connectivity index (χ2v) is 6.62. The van der Waals surface area contributed by atoms with Crippen molar-refractivity contribution in [1.82, 2.24) is 15.5 Å². The number of furan rings is 1. The standard InChI is InChI=1S/C20H21N3O2/c1-12-3-5-14(6-4-12)9-10-21-20(24)19-13(2)17-16(25-19)8-7-15-11-22-23-18(15)17/h3-6,11H,7-10H2,1-2H3,(H,21,24)(H,22,23). The number of carbonyl (C=O) groups excluding carboxylic acids is 1. The van der Waals surface area contributed by atoms with Crippen LogP contribution in [0.15, 0.2) is 34.9 Å². The summed E-state index contributed by atoms with van der Waals surface area (Å²) in [4.78, 5) is 12.5. The Morgan fingerprint density at radius 1 is 1.24 bits per heavy atom. The molecular formula is C20H21N3O2. The van der Waals surface area contributed by atoms with Gasteiger partial charge in [-0.05, 0) is 37.8 Å². The zero-order chi connectivity index (χ0) is 17.4. The maximum atomic E-state index is 12.5. The highest BCUT2D eigenvalue weighted by Gasteiger charge is 2.28. The first-order chi connectivity index (χ1) is 12.1. The van der Waals surface area contributed by atoms with Gasteiger partial charge in [0.05, 0.1) is 11.9 Å². The predicted octanol–water partition coefficient (Wildman–Crippen LogP) is 3.36. The number of H-pyrrole nitrogens is 1. The molecule has 25 heavy (non-hydrogen) atoms. The van der Waals surface area contributed by atoms with Gasteiger partial charge in [0.1, 0.15) is 5.76 Å². The van der Waals surface area contributed by atoms with Crippen molar-refractivity contribution in [3.8, 4) is 11.3 Å². The van der Waals surface area contributed by atoms with Gasteiger partial charge in [0.15, 0.2) is 5.76 Å². The first-order valence-corrected chi connectivity index (χ1v) is 8.62. The number of carbonyl (C=O) groups is 1. The molecule has 0 fully saturated rings. The van der Waals surface area contributed by atoms with Crippen LogP contribution in [-0.4, -0.2) is 22.6 Å². The number of aromatic amines is 1. The number of fused-ring (bicyclic) bond motifs is 3. The van der Waals surface area contributed by atoms with Crippen molar-refractivity contribution in [3.63, 3.8) is 0 Å². The fourth-order valence-electron chi connectivity index (χ4n) is 3.41. The molecule has 0 bridgehead atoms. The van der Waals surface area contributed by atoms with Gasteiger partial charge in [0, 0.05) is 24.1 Å². The summed E-state index contributed by atoms with van der Waals surface area (Å²) in [5.41, 5.74) is 6.51. The minimum Gasteiger partial charge on any atom is -0.455 e. The zero-order valence-electron chi connectivity index (χ0n) is 14.5. The van der Waals surface area contributed by atoms with Crippen molar-refractivity contribution in [2.75, 3.05) is 6.54 Å². The van der Waals surface area contributed by atoms with Gasteiger partial charge >= 0.3 is 0 Å². The van der Waals surface area contributed by atoms with Crippen LogP contribution in [0.25, 0.3) is 11.3 Å². The van der Waals surface area contributed by atoms with Crippen LogP contribution in [0.4, 0.5) is 0 Å². The maximum absolute atomic E-state index is 12.5. The van der Waals surface area contributed by atoms with E-state index in [0.29, 0.717) is 12.3 Å². The number of nitrogens with zero attached hydrogens (tertiary/aromatic N) is 1. The Kier molecular flexibility index (Phi) is 3.92. The molecule has 2 heterocycles. The first-order valence-electron chi connectivity index (χ1n) is 8.62. The summed E-state index contributed by atoms with van der Waals surface area (Å²) in [7, 11) is 0. The third-order valence-corrected chi connectivity index (χ3v) is 4.84. The molecule has 0 atom stereocenters. The van der Waals surface area contributed by atoms with E-state index in [1.807, 2.05) is 13.1 Å². The zero-order valence-corrected chi connectivity index (χ0v) is 14.5. The van der Waals surface area contributed by atoms with E-state index in [1.165, 1.54) is 16.7 Å². The number of rotatable bonds is 4. The molecule has 0 saturated heterocycles. The summed E-state index contributed by atoms with van der Waals surface area (Å²) < 4.78 is 5.88. The van der Waals surface area contributed by atoms with Gasteiger partial charge in [0.2, 0.25) is 0 Å². The molecule has 1 aromatic carbocycles. The third kappa shape index (κ3) is 2.86. The average molecular weight is 335 g/mol. The Balaban J connectivity index is 1.47. The Labute approximate surface area is 146 Å². The summed E-state index contributed by atoms with van der Waals surface area (Å²) in [6.45, 7) is 4.59. The lowest BCUT2D eigenvalue weighted by molar-refractivity contribution is 0.0924. The molecule has 1 aliphatic carbocycles. The highest BCUT2D eigenvalue weighted by atomic mass is 16.4. The van der Waals surface area contributed by atoms with Crippen molar-refractivity contribution in [2.24, 2.45) is 0 Å². The van der Waals surface area contributed by atoms with E-state index in [2.05, 4.69) is 46.7 Å². The van der Waals surface area contributed by atoms with Gasteiger partial charge in [-0.25, -0.2) is 0 Å². The van der Waals surface area contributed by atoms with Gasteiger partial charge in [-0.2, -0.15) is 5.10 Å². The molecule has 0 aliphatic heterocycles. The third-order valence-electron chi connectivity index (χ3n) is 4.84. The summed E-state index contributed by atoms with van der Waals surface area (Å²) in [6.07, 6.45) is 4.35. The van der Waals surface area contributed by atoms with E-state index < -0.39 is 0 Å². The molecule has 5 heteroatoms. The SMILES string of the molecule is Cc1ccc(CCNC(=O)c2oc3c(c2C)-c2[nH]ncc2CC3)cc1. The summed E-state index contributed by atoms with van der Waals surface area (Å²) in [5.74, 6) is 1.13. The largest absolute Gasteiger partial charge is 0.455 e. The fourth-order valence-corrected chi connectivity index (χ4v) is 3.41. The van der Waals surface area contributed by atoms with Crippen LogP contribution in [0.5, 0.6) is 0 Å². The molecule has 0 spiro atoms. The molecule has 5 nitrogen and oxygen atoms in total. The molecule has 0 unspecified atom stereocenters. The number of aryl methyl sites for hydroxylation is 3. The van der Waals surface area contributed by atoms with E-state index >= 15 is 0 Å². The van der Waals surface area contributed by atoms with E-state index in [1.54, 1.807) is 0 Å². The monoisotopic (exact) mass is 335 g/mol. The lowest BCUT2D eigenvalue weighted by Crippen LogP contribution is -2.25. The molecule has 1 aliphatic rings. The smallest absolute Gasteiger partial charge is 0.287 e. The van der Waals surface area contributed by atoms with E-state index in [9.17, 15) is 4.79 Å². The van der Waals surface area contributed by atoms with Gasteiger partial charge in [-0.3, -0.25) is 9.89 Å². The second kappa shape index (κ2) is 6.24. The van der Waals surface area contributed by atoms with Crippen LogP contribution in [-0.2, 0) is 19.3 Å². The number of nitrogens with one attached hydrogen (secondary N) is 2. The Morgan fingerprint density at radius 2 is 2.04 bits per heavy atom. The molecule has 1 amide bonds. The molecule has 2 N–H and O–H groups in total. The Morgan fingerprint density at radius 3 is 2.84 bits per heavy atom. The molecule has 0 saturated carbocycles. The molecular weight excluding hydrogens is 314 g/mol. The van der Waals surface area contributed by atoms with Crippen LogP contribution in [0, 0.1) is 13.8 Å². The van der Waals surface area contributed by atoms with Crippen LogP contribution in [0.3, 0.4) is 0 Å². The molecule has 4 rings (SSSR count). The van der Waals surface area contributed by atoms with Crippen LogP contribution < -0.4 is 5.32 Å². The number of benzene rings is 1. The van der Waals surface area contributed by atoms with E-state index in [-0.39, 0.29) is 5.91 Å². The van der Waals surface area contributed by atoms with Gasteiger partial charge in [0.25, 0.3) is 5.91 Å². The molecule has 3 aromatic rings. The maximum Gasteiger partial charge on any atom is 0.287 e. The minimum atomic E-state index is -0.153. The van der Waals surface area contributed by atoms with E-state index in [4.69, 9.17) is 4.42 Å². The lowest BCUT2D eigenvalue weighted by Gasteiger charge is -2.09. The number of hydrogen-bond donors (Lipinski definition) is 2. The number of hydrogen-bond acceptors (Lipinski definition) is 3. The normalized spacial score (nSPS) is 12.6. The highest BCUT2D eigenvalue weighted by Crippen LogP contribution is 2.37. The Hall–Kier alpha value is -2.82. The average Bonchev–Trinajstić information content (AvgIpc) is 3.20. The summed E-state index contributed by atoms with van der Waals surface area (Å²) in [5, 5.41) is 10.1. The summed E-state index contributed by atoms with van der Waals surface area (Å²) in [6, 6.07) is 8.37. The molecule has 2 aromatic heterocycles. The number of amides is 1. The summed E-state index contributed by atoms with van der Waals surface area (Å²) >= 11 is 0. The van der Waals surface area contributed by atoms with Crippen molar-refractivity contribution in [2.45, 2.75) is 33.1 Å². The van der Waals surface area contributed by atoms with E-state index in [0.717, 1.165) is 41.8 Å². The first kappa shape index (κ1) is 15.7. The van der Waals surface area contributed by atoms with Crippen LogP contribution >= 0.6 is 0 Å². The van der Waals surface area contributed by atoms with Gasteiger partial charge < -0.3 is 9.73 Å². The predicted molar refractivity (Wildman–Crippen MR) is 95.7 cm³/mol. The Bertz CT molecular complexity index is 919. The fraction of sp³-hybridized carbons (Fsp3) is 0.300. The van der Waals surface area contributed by atoms with Crippen LogP contribution in [0.1, 0.15) is 38.6 Å².